The number of hydrogen-bond acceptors (Lipinski definition) is 3. The van der Waals surface area contributed by atoms with Crippen molar-refractivity contribution in [3.05, 3.63) is 76.7 Å². The van der Waals surface area contributed by atoms with E-state index in [1.165, 1.54) is 36.6 Å². The molecule has 6 nitrogen and oxygen atoms in total. The Morgan fingerprint density at radius 1 is 1.03 bits per heavy atom. The van der Waals surface area contributed by atoms with E-state index in [0.717, 1.165) is 11.1 Å². The highest BCUT2D eigenvalue weighted by atomic mass is 19.3. The van der Waals surface area contributed by atoms with Gasteiger partial charge in [0.25, 0.3) is 6.43 Å². The molecule has 3 aliphatic rings. The molecule has 0 N–H and O–H groups in total. The molecule has 0 spiro atoms. The number of halogens is 3. The van der Waals surface area contributed by atoms with Gasteiger partial charge in [-0.15, -0.1) is 0 Å². The number of carbonyl (C=O) groups is 1. The van der Waals surface area contributed by atoms with Crippen molar-refractivity contribution in [3.8, 4) is 0 Å². The van der Waals surface area contributed by atoms with E-state index in [1.807, 2.05) is 24.2 Å². The topological polar surface area (TPSA) is 44.6 Å². The largest absolute Gasteiger partial charge is 0.369 e. The summed E-state index contributed by atoms with van der Waals surface area (Å²) < 4.78 is 43.5. The molecule has 194 valence electrons. The maximum atomic E-state index is 14.6. The number of aryl methyl sites for hydroxylation is 1. The monoisotopic (exact) mass is 509 g/mol. The van der Waals surface area contributed by atoms with Gasteiger partial charge in [0.15, 0.2) is 5.82 Å². The number of piperidine rings is 1. The van der Waals surface area contributed by atoms with Gasteiger partial charge in [-0.05, 0) is 48.8 Å². The van der Waals surface area contributed by atoms with E-state index < -0.39 is 12.2 Å². The smallest absolute Gasteiger partial charge is 0.326 e. The number of fused-ring (bicyclic) bond motifs is 1. The Kier molecular flexibility index (Phi) is 6.09. The number of alkyl halides is 2. The second-order valence-corrected chi connectivity index (χ2v) is 10.3. The first kappa shape index (κ1) is 23.9. The van der Waals surface area contributed by atoms with Crippen molar-refractivity contribution in [2.24, 2.45) is 7.05 Å². The number of urea groups is 1. The number of benzene rings is 2. The Morgan fingerprint density at radius 3 is 2.51 bits per heavy atom. The highest BCUT2D eigenvalue weighted by Crippen LogP contribution is 2.43. The van der Waals surface area contributed by atoms with E-state index in [1.54, 1.807) is 14.5 Å². The quantitative estimate of drug-likeness (QED) is 0.410. The zero-order chi connectivity index (χ0) is 25.7. The molecule has 3 aromatic rings. The lowest BCUT2D eigenvalue weighted by Crippen LogP contribution is -2.54. The molecule has 6 rings (SSSR count). The third kappa shape index (κ3) is 4.45. The number of para-hydroxylation sites is 1. The van der Waals surface area contributed by atoms with Crippen molar-refractivity contribution in [1.82, 2.24) is 14.7 Å². The van der Waals surface area contributed by atoms with E-state index in [2.05, 4.69) is 23.3 Å². The standard InChI is InChI=1S/C28H30F3N5O/c1-33-15-20-17-35(21-11-13-34(14-12-21)25-23(26(30)31)7-4-8-24(25)29)28(37)36(27(20)32-33)16-19-5-2-3-6-22(19)18-9-10-18/h2-8,15,18,21,26H,9-14,16-17H2,1H3. The van der Waals surface area contributed by atoms with Gasteiger partial charge in [0.1, 0.15) is 5.82 Å². The summed E-state index contributed by atoms with van der Waals surface area (Å²) in [6.45, 7) is 1.71. The van der Waals surface area contributed by atoms with Gasteiger partial charge in [-0.3, -0.25) is 9.58 Å². The van der Waals surface area contributed by atoms with Crippen LogP contribution >= 0.6 is 0 Å². The van der Waals surface area contributed by atoms with Crippen molar-refractivity contribution in [3.63, 3.8) is 0 Å². The molecule has 1 saturated heterocycles. The molecule has 9 heteroatoms. The van der Waals surface area contributed by atoms with Gasteiger partial charge >= 0.3 is 6.03 Å². The Hall–Kier alpha value is -3.49. The first-order valence-corrected chi connectivity index (χ1v) is 12.9. The average molecular weight is 510 g/mol. The van der Waals surface area contributed by atoms with E-state index in [-0.39, 0.29) is 23.3 Å². The summed E-state index contributed by atoms with van der Waals surface area (Å²) in [5.41, 5.74) is 3.13. The van der Waals surface area contributed by atoms with Gasteiger partial charge in [-0.1, -0.05) is 36.4 Å². The molecule has 0 radical (unpaired) electrons. The molecule has 37 heavy (non-hydrogen) atoms. The van der Waals surface area contributed by atoms with E-state index in [4.69, 9.17) is 0 Å². The fourth-order valence-corrected chi connectivity index (χ4v) is 5.87. The molecular weight excluding hydrogens is 479 g/mol. The third-order valence-electron chi connectivity index (χ3n) is 7.83. The number of nitrogens with zero attached hydrogens (tertiary/aromatic N) is 5. The van der Waals surface area contributed by atoms with Crippen molar-refractivity contribution in [2.75, 3.05) is 22.9 Å². The van der Waals surface area contributed by atoms with Gasteiger partial charge in [-0.2, -0.15) is 5.10 Å². The summed E-state index contributed by atoms with van der Waals surface area (Å²) in [5, 5.41) is 4.61. The summed E-state index contributed by atoms with van der Waals surface area (Å²) in [5.74, 6) is 0.627. The van der Waals surface area contributed by atoms with Gasteiger partial charge in [0, 0.05) is 43.5 Å². The Bertz CT molecular complexity index is 1310. The van der Waals surface area contributed by atoms with E-state index in [0.29, 0.717) is 50.8 Å². The van der Waals surface area contributed by atoms with Gasteiger partial charge in [0.05, 0.1) is 18.8 Å². The number of aromatic nitrogens is 2. The number of anilines is 2. The van der Waals surface area contributed by atoms with Gasteiger partial charge in [-0.25, -0.2) is 18.0 Å². The molecule has 1 aliphatic carbocycles. The van der Waals surface area contributed by atoms with Crippen LogP contribution in [0, 0.1) is 5.82 Å². The van der Waals surface area contributed by atoms with Crippen LogP contribution in [0.5, 0.6) is 0 Å². The van der Waals surface area contributed by atoms with Crippen molar-refractivity contribution < 1.29 is 18.0 Å². The van der Waals surface area contributed by atoms with Crippen LogP contribution in [0.25, 0.3) is 0 Å². The Morgan fingerprint density at radius 2 is 1.78 bits per heavy atom. The second-order valence-electron chi connectivity index (χ2n) is 10.3. The number of hydrogen-bond donors (Lipinski definition) is 0. The lowest BCUT2D eigenvalue weighted by Gasteiger charge is -2.43. The lowest BCUT2D eigenvalue weighted by atomic mass is 9.99. The van der Waals surface area contributed by atoms with Gasteiger partial charge < -0.3 is 9.80 Å². The summed E-state index contributed by atoms with van der Waals surface area (Å²) in [7, 11) is 1.86. The van der Waals surface area contributed by atoms with Crippen molar-refractivity contribution in [2.45, 2.75) is 57.2 Å². The first-order valence-electron chi connectivity index (χ1n) is 12.9. The molecule has 2 fully saturated rings. The number of carbonyl (C=O) groups excluding carboxylic acids is 1. The molecular formula is C28H30F3N5O. The SMILES string of the molecule is Cn1cc2c(n1)N(Cc1ccccc1C1CC1)C(=O)N(C1CCN(c3c(F)cccc3C(F)F)CC1)C2. The van der Waals surface area contributed by atoms with Crippen LogP contribution in [-0.2, 0) is 20.1 Å². The van der Waals surface area contributed by atoms with Crippen LogP contribution < -0.4 is 9.80 Å². The fourth-order valence-electron chi connectivity index (χ4n) is 5.87. The molecule has 0 unspecified atom stereocenters. The maximum absolute atomic E-state index is 14.6. The molecule has 2 aliphatic heterocycles. The fraction of sp³-hybridized carbons (Fsp3) is 0.429. The minimum Gasteiger partial charge on any atom is -0.369 e. The second kappa shape index (κ2) is 9.43. The Balaban J connectivity index is 1.23. The lowest BCUT2D eigenvalue weighted by molar-refractivity contribution is 0.150. The predicted octanol–water partition coefficient (Wildman–Crippen LogP) is 5.99. The molecule has 3 heterocycles. The number of amides is 2. The summed E-state index contributed by atoms with van der Waals surface area (Å²) in [4.78, 5) is 19.2. The van der Waals surface area contributed by atoms with E-state index in [9.17, 15) is 18.0 Å². The van der Waals surface area contributed by atoms with Crippen LogP contribution in [0.1, 0.15) is 60.3 Å². The van der Waals surface area contributed by atoms with Crippen molar-refractivity contribution >= 4 is 17.5 Å². The Labute approximate surface area is 214 Å². The molecule has 2 aromatic carbocycles. The highest BCUT2D eigenvalue weighted by Gasteiger charge is 2.39. The summed E-state index contributed by atoms with van der Waals surface area (Å²) >= 11 is 0. The summed E-state index contributed by atoms with van der Waals surface area (Å²) in [6.07, 6.45) is 2.72. The minimum atomic E-state index is -2.75. The molecule has 1 saturated carbocycles. The third-order valence-corrected chi connectivity index (χ3v) is 7.83. The minimum absolute atomic E-state index is 0.0197. The first-order chi connectivity index (χ1) is 17.9. The molecule has 0 atom stereocenters. The van der Waals surface area contributed by atoms with Crippen LogP contribution in [0.3, 0.4) is 0 Å². The van der Waals surface area contributed by atoms with Crippen molar-refractivity contribution in [1.29, 1.82) is 0 Å². The molecule has 2 amide bonds. The van der Waals surface area contributed by atoms with E-state index >= 15 is 0 Å². The normalized spacial score (nSPS) is 18.6. The molecule has 1 aromatic heterocycles. The maximum Gasteiger partial charge on any atom is 0.326 e. The zero-order valence-corrected chi connectivity index (χ0v) is 20.8. The van der Waals surface area contributed by atoms with Crippen LogP contribution in [0.4, 0.5) is 29.5 Å². The van der Waals surface area contributed by atoms with Crippen LogP contribution in [0.15, 0.2) is 48.7 Å². The predicted molar refractivity (Wildman–Crippen MR) is 135 cm³/mol. The molecule has 0 bridgehead atoms. The van der Waals surface area contributed by atoms with Crippen LogP contribution in [-0.4, -0.2) is 39.8 Å². The zero-order valence-electron chi connectivity index (χ0n) is 20.8. The number of rotatable bonds is 6. The van der Waals surface area contributed by atoms with Crippen LogP contribution in [0.2, 0.25) is 0 Å². The average Bonchev–Trinajstić information content (AvgIpc) is 3.67. The summed E-state index contributed by atoms with van der Waals surface area (Å²) in [6, 6.07) is 12.0. The highest BCUT2D eigenvalue weighted by molar-refractivity contribution is 5.94. The van der Waals surface area contributed by atoms with Gasteiger partial charge in [0.2, 0.25) is 0 Å².